The van der Waals surface area contributed by atoms with E-state index in [2.05, 4.69) is 9.50 Å². The maximum absolute atomic E-state index is 11.1. The highest BCUT2D eigenvalue weighted by Gasteiger charge is 2.28. The van der Waals surface area contributed by atoms with Gasteiger partial charge < -0.3 is 14.8 Å². The molecule has 164 valence electrons. The Hall–Kier alpha value is -1.85. The lowest BCUT2D eigenvalue weighted by molar-refractivity contribution is -0.138. The molecule has 0 saturated carbocycles. The number of ketones is 1. The van der Waals surface area contributed by atoms with Crippen LogP contribution in [0.25, 0.3) is 0 Å². The van der Waals surface area contributed by atoms with E-state index in [-0.39, 0.29) is 55.1 Å². The molecule has 0 aliphatic carbocycles. The number of Topliss-reactive ketones (excluding diaryl/α,β-unsaturated/α-hetero) is 1. The van der Waals surface area contributed by atoms with Gasteiger partial charge in [0.1, 0.15) is 5.78 Å². The van der Waals surface area contributed by atoms with E-state index in [9.17, 15) is 27.6 Å². The highest BCUT2D eigenvalue weighted by Crippen LogP contribution is 2.11. The van der Waals surface area contributed by atoms with Crippen LogP contribution >= 0.6 is 0 Å². The lowest BCUT2D eigenvalue weighted by Crippen LogP contribution is -2.33. The lowest BCUT2D eigenvalue weighted by atomic mass is 10.2. The van der Waals surface area contributed by atoms with Gasteiger partial charge in [-0.25, -0.2) is 0 Å². The minimum absolute atomic E-state index is 0.0451. The van der Waals surface area contributed by atoms with Gasteiger partial charge >= 0.3 is 0 Å². The number of imide groups is 1. The normalized spacial score (nSPS) is 13.2. The summed E-state index contributed by atoms with van der Waals surface area (Å²) in [6, 6.07) is 0. The molecule has 0 atom stereocenters. The van der Waals surface area contributed by atoms with E-state index in [0.29, 0.717) is 13.0 Å². The van der Waals surface area contributed by atoms with Crippen LogP contribution in [0.2, 0.25) is 0 Å². The van der Waals surface area contributed by atoms with E-state index in [1.54, 1.807) is 14.0 Å². The summed E-state index contributed by atoms with van der Waals surface area (Å²) in [6.07, 6.45) is 2.26. The highest BCUT2D eigenvalue weighted by atomic mass is 32.2. The second-order valence-corrected chi connectivity index (χ2v) is 7.70. The van der Waals surface area contributed by atoms with Crippen molar-refractivity contribution < 1.29 is 36.5 Å². The van der Waals surface area contributed by atoms with Gasteiger partial charge in [-0.1, -0.05) is 0 Å². The molecule has 3 amide bonds. The van der Waals surface area contributed by atoms with Crippen molar-refractivity contribution in [2.24, 2.45) is 0 Å². The van der Waals surface area contributed by atoms with E-state index in [1.807, 2.05) is 0 Å². The summed E-state index contributed by atoms with van der Waals surface area (Å²) >= 11 is 0. The summed E-state index contributed by atoms with van der Waals surface area (Å²) in [7, 11) is 1.16. The molecule has 1 saturated heterocycles. The fourth-order valence-corrected chi connectivity index (χ4v) is 2.03. The van der Waals surface area contributed by atoms with Crippen molar-refractivity contribution in [2.45, 2.75) is 46.0 Å². The molecule has 1 aliphatic rings. The number of hydrogen-bond donors (Lipinski definition) is 1. The van der Waals surface area contributed by atoms with E-state index >= 15 is 0 Å². The summed E-state index contributed by atoms with van der Waals surface area (Å²) in [5.41, 5.74) is 0. The Morgan fingerprint density at radius 3 is 1.96 bits per heavy atom. The van der Waals surface area contributed by atoms with Crippen LogP contribution in [-0.4, -0.2) is 77.0 Å². The summed E-state index contributed by atoms with van der Waals surface area (Å²) in [4.78, 5) is 44.4. The second kappa shape index (κ2) is 16.1. The zero-order valence-electron chi connectivity index (χ0n) is 17.3. The molecule has 0 aromatic carbocycles. The molecule has 11 heteroatoms. The Morgan fingerprint density at radius 1 is 1.11 bits per heavy atom. The first-order valence-electron chi connectivity index (χ1n) is 8.85. The zero-order chi connectivity index (χ0) is 22.2. The first-order valence-corrected chi connectivity index (χ1v) is 10.4. The molecule has 10 nitrogen and oxygen atoms in total. The quantitative estimate of drug-likeness (QED) is 0.316. The predicted molar refractivity (Wildman–Crippen MR) is 103 cm³/mol. The van der Waals surface area contributed by atoms with Crippen molar-refractivity contribution in [2.75, 3.05) is 40.2 Å². The molecule has 0 radical (unpaired) electrons. The Kier molecular flexibility index (Phi) is 16.3. The number of methoxy groups -OCH3 is 1. The van der Waals surface area contributed by atoms with Gasteiger partial charge in [0.05, 0.1) is 12.9 Å². The molecule has 0 aromatic heterocycles. The molecule has 0 bridgehead atoms. The number of nitrogens with zero attached hydrogens (tertiary/aromatic N) is 1. The highest BCUT2D eigenvalue weighted by molar-refractivity contribution is 7.86. The number of carbonyl (C=O) groups is 4. The number of amides is 3. The van der Waals surface area contributed by atoms with Crippen molar-refractivity contribution in [1.29, 1.82) is 0 Å². The van der Waals surface area contributed by atoms with Crippen molar-refractivity contribution >= 4 is 33.6 Å². The number of ether oxygens (including phenoxy) is 1. The van der Waals surface area contributed by atoms with Crippen LogP contribution in [0, 0.1) is 0 Å². The van der Waals surface area contributed by atoms with Crippen LogP contribution in [0.15, 0.2) is 0 Å². The Labute approximate surface area is 167 Å². The predicted octanol–water partition coefficient (Wildman–Crippen LogP) is 0.256. The van der Waals surface area contributed by atoms with Crippen molar-refractivity contribution in [3.8, 4) is 0 Å². The number of nitrogens with one attached hydrogen (secondary N) is 1. The molecule has 1 rings (SSSR count). The number of rotatable bonds is 9. The molecule has 0 unspecified atom stereocenters. The molecule has 1 heterocycles. The molecular formula is C17H32N2O8S. The number of hydrogen-bond acceptors (Lipinski definition) is 8. The standard InChI is InChI=1S/C8H12N2O3.C6H12O2.C3H8O3S/c1-9-6(11)4-5-10-7(12)2-3-8(10)13;1-6(7)4-3-5-8-2;1-3-7(4,5)6-2/h2-5H2,1H3,(H,9,11);3-5H2,1-2H3;3H2,1-2H3. The fourth-order valence-electron chi connectivity index (χ4n) is 1.79. The monoisotopic (exact) mass is 424 g/mol. The van der Waals surface area contributed by atoms with Crippen molar-refractivity contribution in [3.63, 3.8) is 0 Å². The third kappa shape index (κ3) is 15.2. The van der Waals surface area contributed by atoms with Crippen LogP contribution in [0.1, 0.15) is 46.0 Å². The van der Waals surface area contributed by atoms with Gasteiger partial charge in [-0.15, -0.1) is 0 Å². The van der Waals surface area contributed by atoms with Gasteiger partial charge in [-0.2, -0.15) is 8.42 Å². The average Bonchev–Trinajstić information content (AvgIpc) is 2.98. The third-order valence-corrected chi connectivity index (χ3v) is 4.70. The Bertz CT molecular complexity index is 578. The lowest BCUT2D eigenvalue weighted by Gasteiger charge is -2.12. The molecular weight excluding hydrogens is 392 g/mol. The minimum Gasteiger partial charge on any atom is -0.385 e. The van der Waals surface area contributed by atoms with E-state index in [4.69, 9.17) is 4.74 Å². The number of likely N-dealkylation sites (tertiary alicyclic amines) is 1. The van der Waals surface area contributed by atoms with Crippen molar-refractivity contribution in [3.05, 3.63) is 0 Å². The fraction of sp³-hybridized carbons (Fsp3) is 0.765. The van der Waals surface area contributed by atoms with Gasteiger partial charge in [-0.05, 0) is 20.3 Å². The van der Waals surface area contributed by atoms with Crippen LogP contribution in [0.4, 0.5) is 0 Å². The zero-order valence-corrected chi connectivity index (χ0v) is 18.1. The largest absolute Gasteiger partial charge is 0.385 e. The summed E-state index contributed by atoms with van der Waals surface area (Å²) in [5.74, 6) is -0.221. The topological polar surface area (TPSA) is 136 Å². The molecule has 0 spiro atoms. The molecule has 28 heavy (non-hydrogen) atoms. The van der Waals surface area contributed by atoms with Gasteiger partial charge in [-0.3, -0.25) is 23.5 Å². The first kappa shape index (κ1) is 28.4. The van der Waals surface area contributed by atoms with Gasteiger partial charge in [0, 0.05) is 53.0 Å². The molecule has 0 aromatic rings. The Morgan fingerprint density at radius 2 is 1.64 bits per heavy atom. The van der Waals surface area contributed by atoms with E-state index in [1.165, 1.54) is 14.0 Å². The maximum Gasteiger partial charge on any atom is 0.266 e. The minimum atomic E-state index is -3.16. The van der Waals surface area contributed by atoms with Crippen LogP contribution in [-0.2, 0) is 38.2 Å². The number of carbonyl (C=O) groups excluding carboxylic acids is 4. The van der Waals surface area contributed by atoms with Gasteiger partial charge in [0.2, 0.25) is 17.7 Å². The van der Waals surface area contributed by atoms with Gasteiger partial charge in [0.25, 0.3) is 10.1 Å². The van der Waals surface area contributed by atoms with Crippen LogP contribution in [0.5, 0.6) is 0 Å². The second-order valence-electron chi connectivity index (χ2n) is 5.67. The smallest absolute Gasteiger partial charge is 0.266 e. The third-order valence-electron chi connectivity index (χ3n) is 3.48. The summed E-state index contributed by atoms with van der Waals surface area (Å²) in [6.45, 7) is 4.02. The molecule has 1 fully saturated rings. The SMILES string of the molecule is CCS(=O)(=O)OC.CNC(=O)CCN1C(=O)CCC1=O.COCCCC(C)=O. The van der Waals surface area contributed by atoms with Crippen molar-refractivity contribution in [1.82, 2.24) is 10.2 Å². The van der Waals surface area contributed by atoms with Crippen LogP contribution < -0.4 is 5.32 Å². The maximum atomic E-state index is 11.1. The van der Waals surface area contributed by atoms with Gasteiger partial charge in [0.15, 0.2) is 0 Å². The molecule has 1 aliphatic heterocycles. The Balaban J connectivity index is 0. The molecule has 1 N–H and O–H groups in total. The summed E-state index contributed by atoms with van der Waals surface area (Å²) < 4.78 is 29.1. The van der Waals surface area contributed by atoms with E-state index in [0.717, 1.165) is 18.4 Å². The first-order chi connectivity index (χ1) is 13.0. The van der Waals surface area contributed by atoms with E-state index < -0.39 is 10.1 Å². The van der Waals surface area contributed by atoms with Crippen LogP contribution in [0.3, 0.4) is 0 Å². The summed E-state index contributed by atoms with van der Waals surface area (Å²) in [5, 5.41) is 2.43. The average molecular weight is 425 g/mol.